The second kappa shape index (κ2) is 15.6. The van der Waals surface area contributed by atoms with Crippen molar-refractivity contribution in [2.75, 3.05) is 46.8 Å². The number of benzene rings is 4. The monoisotopic (exact) mass is 736 g/mol. The zero-order valence-corrected chi connectivity index (χ0v) is 30.5. The normalized spacial score (nSPS) is 20.6. The van der Waals surface area contributed by atoms with E-state index in [1.54, 1.807) is 12.1 Å². The summed E-state index contributed by atoms with van der Waals surface area (Å²) in [5, 5.41) is 56.6. The van der Waals surface area contributed by atoms with Gasteiger partial charge in [-0.25, -0.2) is 0 Å². The summed E-state index contributed by atoms with van der Waals surface area (Å²) in [6.45, 7) is 0.627. The van der Waals surface area contributed by atoms with Crippen molar-refractivity contribution in [3.8, 4) is 39.9 Å². The molecule has 0 bridgehead atoms. The summed E-state index contributed by atoms with van der Waals surface area (Å²) in [5.74, 6) is 1.94. The van der Waals surface area contributed by atoms with Gasteiger partial charge in [-0.05, 0) is 126 Å². The molecule has 0 fully saturated rings. The number of hydrogen-bond donors (Lipinski definition) is 6. The van der Waals surface area contributed by atoms with Crippen molar-refractivity contribution in [3.63, 3.8) is 0 Å². The van der Waals surface area contributed by atoms with Crippen molar-refractivity contribution in [2.45, 2.75) is 69.2 Å². The molecule has 0 saturated carbocycles. The van der Waals surface area contributed by atoms with Crippen molar-refractivity contribution in [1.82, 2.24) is 5.32 Å². The number of aliphatic hydroxyl groups is 3. The molecule has 6 N–H and O–H groups in total. The maximum atomic E-state index is 11.1. The average molecular weight is 737 g/mol. The highest BCUT2D eigenvalue weighted by atomic mass is 16.6. The molecule has 3 aliphatic heterocycles. The van der Waals surface area contributed by atoms with Crippen LogP contribution in [-0.2, 0) is 36.8 Å². The zero-order chi connectivity index (χ0) is 37.3. The van der Waals surface area contributed by atoms with Crippen LogP contribution in [0.15, 0.2) is 53.5 Å². The molecule has 4 aromatic carbocycles. The minimum atomic E-state index is -0.592. The van der Waals surface area contributed by atoms with Gasteiger partial charge in [0.25, 0.3) is 0 Å². The summed E-state index contributed by atoms with van der Waals surface area (Å²) < 4.78 is 26.1. The molecule has 54 heavy (non-hydrogen) atoms. The van der Waals surface area contributed by atoms with Crippen LogP contribution in [0.25, 0.3) is 17.2 Å². The Labute approximate surface area is 314 Å². The molecule has 0 radical (unpaired) electrons. The first-order valence-corrected chi connectivity index (χ1v) is 19.0. The van der Waals surface area contributed by atoms with Gasteiger partial charge >= 0.3 is 0 Å². The quantitative estimate of drug-likeness (QED) is 0.112. The van der Waals surface area contributed by atoms with Crippen molar-refractivity contribution in [3.05, 3.63) is 98.1 Å². The molecule has 4 aromatic rings. The van der Waals surface area contributed by atoms with Crippen LogP contribution in [0.1, 0.15) is 63.8 Å². The number of rotatable bonds is 13. The number of hydrogen-bond acceptors (Lipinski definition) is 11. The zero-order valence-electron chi connectivity index (χ0n) is 30.5. The molecule has 3 heterocycles. The lowest BCUT2D eigenvalue weighted by Gasteiger charge is -2.41. The molecule has 8 rings (SSSR count). The molecule has 4 aliphatic rings. The number of nitrogens with one attached hydrogen (secondary N) is 1. The Morgan fingerprint density at radius 3 is 2.63 bits per heavy atom. The molecule has 1 aliphatic carbocycles. The van der Waals surface area contributed by atoms with Gasteiger partial charge in [-0.3, -0.25) is 10.3 Å². The molecule has 0 amide bonds. The van der Waals surface area contributed by atoms with E-state index in [1.807, 2.05) is 25.2 Å². The second-order valence-electron chi connectivity index (χ2n) is 14.6. The summed E-state index contributed by atoms with van der Waals surface area (Å²) >= 11 is 0. The third-order valence-corrected chi connectivity index (χ3v) is 11.1. The van der Waals surface area contributed by atoms with Crippen molar-refractivity contribution in [1.29, 1.82) is 0 Å². The summed E-state index contributed by atoms with van der Waals surface area (Å²) in [5.41, 5.74) is 8.72. The third-order valence-electron chi connectivity index (χ3n) is 11.1. The molecule has 0 aromatic heterocycles. The highest BCUT2D eigenvalue weighted by molar-refractivity contribution is 5.85. The van der Waals surface area contributed by atoms with E-state index in [4.69, 9.17) is 18.9 Å². The van der Waals surface area contributed by atoms with Crippen molar-refractivity contribution in [2.24, 2.45) is 4.99 Å². The van der Waals surface area contributed by atoms with Gasteiger partial charge in [0, 0.05) is 29.7 Å². The van der Waals surface area contributed by atoms with Gasteiger partial charge < -0.3 is 44.5 Å². The fraction of sp³-hybridized carbons (Fsp3) is 0.419. The predicted octanol–water partition coefficient (Wildman–Crippen LogP) is 3.28. The van der Waals surface area contributed by atoms with Gasteiger partial charge in [0.15, 0.2) is 17.6 Å². The summed E-state index contributed by atoms with van der Waals surface area (Å²) in [7, 11) is 1.83. The molecular formula is C43H48N2O9. The number of ether oxygens (including phenoxy) is 4. The molecule has 11 heteroatoms. The number of aliphatic hydroxyl groups excluding tert-OH is 3. The van der Waals surface area contributed by atoms with E-state index in [9.17, 15) is 25.5 Å². The summed E-state index contributed by atoms with van der Waals surface area (Å²) in [6.07, 6.45) is 4.87. The molecule has 0 saturated heterocycles. The van der Waals surface area contributed by atoms with Crippen LogP contribution in [0.4, 0.5) is 0 Å². The Bertz CT molecular complexity index is 2140. The van der Waals surface area contributed by atoms with Gasteiger partial charge in [-0.1, -0.05) is 18.2 Å². The Kier molecular flexibility index (Phi) is 10.5. The van der Waals surface area contributed by atoms with E-state index < -0.39 is 12.2 Å². The Morgan fingerprint density at radius 2 is 1.81 bits per heavy atom. The first-order valence-electron chi connectivity index (χ1n) is 19.0. The van der Waals surface area contributed by atoms with E-state index in [0.717, 1.165) is 61.7 Å². The van der Waals surface area contributed by atoms with Crippen LogP contribution in [-0.4, -0.2) is 84.5 Å². The molecule has 0 spiro atoms. The first kappa shape index (κ1) is 36.3. The first-order chi connectivity index (χ1) is 26.4. The summed E-state index contributed by atoms with van der Waals surface area (Å²) in [4.78, 5) is 4.57. The molecule has 4 atom stereocenters. The lowest BCUT2D eigenvalue weighted by atomic mass is 9.72. The number of aryl methyl sites for hydroxylation is 1. The summed E-state index contributed by atoms with van der Waals surface area (Å²) in [6, 6.07) is 15.7. The number of aromatic hydroxyl groups is 2. The number of phenolic OH excluding ortho intramolecular Hbond substituents is 2. The number of nitrogens with zero attached hydrogens (tertiary/aromatic N) is 1. The lowest BCUT2D eigenvalue weighted by molar-refractivity contribution is -0.0437. The second-order valence-corrected chi connectivity index (χ2v) is 14.6. The Balaban J connectivity index is 1.28. The van der Waals surface area contributed by atoms with E-state index in [0.29, 0.717) is 56.4 Å². The topological polar surface area (TPSA) is 162 Å². The molecular weight excluding hydrogens is 688 g/mol. The third kappa shape index (κ3) is 6.80. The van der Waals surface area contributed by atoms with Crippen LogP contribution in [0.3, 0.4) is 0 Å². The van der Waals surface area contributed by atoms with Crippen LogP contribution < -0.4 is 30.1 Å². The standard InChI is InChI=1S/C43H48N2O9/c1-44-23-52-38-21-35-34-18-27(16-24-4-9-36-25(15-24)10-11-45-36)33-20-29(49)5-7-31(33)39(34)43-32(8-6-30(22-48)53-43)42(35)54-41(38)28-17-26(3-2-12-46)40(50)37(19-28)51-14-13-47/h4-5,7,9-10,15,17,19-20,27,30,38,41,44,46-50H,2-3,6,8,11-14,16,18,21-23H2,1H3/t27-,30+,38+,41+/m0/s1. The Morgan fingerprint density at radius 1 is 0.926 bits per heavy atom. The van der Waals surface area contributed by atoms with Gasteiger partial charge in [0.05, 0.1) is 31.8 Å². The fourth-order valence-electron chi connectivity index (χ4n) is 8.67. The van der Waals surface area contributed by atoms with Crippen LogP contribution >= 0.6 is 0 Å². The van der Waals surface area contributed by atoms with Crippen LogP contribution in [0, 0.1) is 0 Å². The van der Waals surface area contributed by atoms with Crippen molar-refractivity contribution >= 4 is 6.08 Å². The Hall–Kier alpha value is -4.65. The fourth-order valence-corrected chi connectivity index (χ4v) is 8.67. The number of fused-ring (bicyclic) bond motifs is 9. The van der Waals surface area contributed by atoms with Gasteiger partial charge in [-0.2, -0.15) is 0 Å². The van der Waals surface area contributed by atoms with Crippen molar-refractivity contribution < 1.29 is 44.5 Å². The lowest BCUT2D eigenvalue weighted by Crippen LogP contribution is -2.37. The van der Waals surface area contributed by atoms with E-state index in [1.165, 1.54) is 5.56 Å². The minimum Gasteiger partial charge on any atom is -0.508 e. The highest BCUT2D eigenvalue weighted by Gasteiger charge is 2.42. The number of phenols is 2. The van der Waals surface area contributed by atoms with E-state index in [2.05, 4.69) is 34.6 Å². The van der Waals surface area contributed by atoms with Crippen LogP contribution in [0.5, 0.6) is 28.7 Å². The largest absolute Gasteiger partial charge is 0.508 e. The molecule has 284 valence electrons. The van der Waals surface area contributed by atoms with Gasteiger partial charge in [0.2, 0.25) is 0 Å². The van der Waals surface area contributed by atoms with E-state index in [-0.39, 0.29) is 62.4 Å². The smallest absolute Gasteiger partial charge is 0.161 e. The van der Waals surface area contributed by atoms with Crippen LogP contribution in [0.2, 0.25) is 0 Å². The highest BCUT2D eigenvalue weighted by Crippen LogP contribution is 2.56. The molecule has 0 unspecified atom stereocenters. The maximum absolute atomic E-state index is 11.1. The molecule has 11 nitrogen and oxygen atoms in total. The van der Waals surface area contributed by atoms with E-state index >= 15 is 0 Å². The van der Waals surface area contributed by atoms with Gasteiger partial charge in [-0.15, -0.1) is 0 Å². The SMILES string of the molecule is CNCO[C@@H]1Cc2c3c(c4c(c2O[C@@H]1c1cc(CCCO)c(O)c(OCCO)c1)CC[C@H](CO)O4)-c1ccc(O)cc1[C@@H](Cc1ccc2c(c1)=CCN=2)C3. The maximum Gasteiger partial charge on any atom is 0.161 e. The predicted molar refractivity (Wildman–Crippen MR) is 202 cm³/mol. The average Bonchev–Trinajstić information content (AvgIpc) is 3.67. The van der Waals surface area contributed by atoms with Gasteiger partial charge in [0.1, 0.15) is 36.1 Å². The minimum absolute atomic E-state index is 0.00691.